The lowest BCUT2D eigenvalue weighted by Crippen LogP contribution is -2.43. The highest BCUT2D eigenvalue weighted by molar-refractivity contribution is 5.92. The van der Waals surface area contributed by atoms with E-state index in [0.717, 1.165) is 19.3 Å². The number of carboxylic acid groups (broad SMARTS) is 2. The van der Waals surface area contributed by atoms with Crippen LogP contribution in [0.25, 0.3) is 0 Å². The Hall–Kier alpha value is -1.96. The van der Waals surface area contributed by atoms with Crippen LogP contribution >= 0.6 is 0 Å². The van der Waals surface area contributed by atoms with Crippen LogP contribution in [0, 0.1) is 5.92 Å². The number of hydrogen-bond acceptors (Lipinski definition) is 6. The topological polar surface area (TPSA) is 138 Å². The number of rotatable bonds is 6. The van der Waals surface area contributed by atoms with Crippen LogP contribution in [0.3, 0.4) is 0 Å². The van der Waals surface area contributed by atoms with Crippen molar-refractivity contribution in [3.05, 3.63) is 0 Å². The monoisotopic (exact) mass is 302 g/mol. The highest BCUT2D eigenvalue weighted by Gasteiger charge is 2.42. The van der Waals surface area contributed by atoms with E-state index in [1.807, 2.05) is 0 Å². The largest absolute Gasteiger partial charge is 0.481 e. The van der Waals surface area contributed by atoms with Crippen LogP contribution in [-0.4, -0.2) is 44.8 Å². The molecule has 0 spiro atoms. The fourth-order valence-corrected chi connectivity index (χ4v) is 2.27. The van der Waals surface area contributed by atoms with Crippen LogP contribution in [0.2, 0.25) is 0 Å². The van der Waals surface area contributed by atoms with Crippen LogP contribution in [-0.2, 0) is 23.9 Å². The maximum absolute atomic E-state index is 11.7. The number of esters is 2. The van der Waals surface area contributed by atoms with Gasteiger partial charge < -0.3 is 20.1 Å². The Morgan fingerprint density at radius 1 is 1.00 bits per heavy atom. The van der Waals surface area contributed by atoms with E-state index >= 15 is 0 Å². The molecule has 21 heavy (non-hydrogen) atoms. The van der Waals surface area contributed by atoms with Gasteiger partial charge in [-0.05, 0) is 12.8 Å². The minimum absolute atomic E-state index is 0.403. The second kappa shape index (κ2) is 7.16. The molecule has 1 aliphatic carbocycles. The third-order valence-corrected chi connectivity index (χ3v) is 3.43. The summed E-state index contributed by atoms with van der Waals surface area (Å²) in [5.41, 5.74) is -2.78. The molecule has 0 radical (unpaired) electrons. The smallest absolute Gasteiger partial charge is 0.336 e. The van der Waals surface area contributed by atoms with Gasteiger partial charge in [0.1, 0.15) is 0 Å². The Morgan fingerprint density at radius 2 is 1.57 bits per heavy atom. The second-order valence-corrected chi connectivity index (χ2v) is 5.21. The van der Waals surface area contributed by atoms with Crippen molar-refractivity contribution in [1.29, 1.82) is 0 Å². The van der Waals surface area contributed by atoms with E-state index in [9.17, 15) is 24.3 Å². The van der Waals surface area contributed by atoms with Gasteiger partial charge in [0.25, 0.3) is 0 Å². The summed E-state index contributed by atoms with van der Waals surface area (Å²) >= 11 is 0. The fourth-order valence-electron chi connectivity index (χ4n) is 2.27. The maximum atomic E-state index is 11.7. The van der Waals surface area contributed by atoms with Gasteiger partial charge in [-0.2, -0.15) is 0 Å². The summed E-state index contributed by atoms with van der Waals surface area (Å²) < 4.78 is 4.52. The van der Waals surface area contributed by atoms with E-state index in [0.29, 0.717) is 12.8 Å². The minimum atomic E-state index is -2.78. The highest BCUT2D eigenvalue weighted by Crippen LogP contribution is 2.25. The summed E-state index contributed by atoms with van der Waals surface area (Å²) in [5, 5.41) is 27.0. The van der Waals surface area contributed by atoms with Crippen molar-refractivity contribution in [2.45, 2.75) is 50.5 Å². The van der Waals surface area contributed by atoms with Gasteiger partial charge >= 0.3 is 23.9 Å². The lowest BCUT2D eigenvalue weighted by atomic mass is 9.89. The first kappa shape index (κ1) is 17.1. The Bertz CT molecular complexity index is 437. The van der Waals surface area contributed by atoms with Gasteiger partial charge in [0.15, 0.2) is 5.60 Å². The molecule has 8 nitrogen and oxygen atoms in total. The van der Waals surface area contributed by atoms with Gasteiger partial charge in [-0.1, -0.05) is 19.3 Å². The first-order valence-electron chi connectivity index (χ1n) is 6.66. The lowest BCUT2D eigenvalue weighted by molar-refractivity contribution is -0.175. The molecule has 118 valence electrons. The normalized spacial score (nSPS) is 18.5. The Labute approximate surface area is 120 Å². The Morgan fingerprint density at radius 3 is 2.05 bits per heavy atom. The van der Waals surface area contributed by atoms with E-state index < -0.39 is 48.2 Å². The van der Waals surface area contributed by atoms with Crippen molar-refractivity contribution in [1.82, 2.24) is 0 Å². The average Bonchev–Trinajstić information content (AvgIpc) is 2.38. The van der Waals surface area contributed by atoms with Crippen molar-refractivity contribution in [3.63, 3.8) is 0 Å². The van der Waals surface area contributed by atoms with Crippen molar-refractivity contribution >= 4 is 23.9 Å². The molecule has 3 N–H and O–H groups in total. The molecule has 0 saturated heterocycles. The SMILES string of the molecule is O=C(O)CC(O)(CC(=O)OC(=O)C1CCCCC1)C(=O)O. The molecule has 1 atom stereocenters. The lowest BCUT2D eigenvalue weighted by Gasteiger charge is -2.22. The molecule has 8 heteroatoms. The molecule has 0 bridgehead atoms. The molecule has 1 saturated carbocycles. The number of carbonyl (C=O) groups is 4. The molecular weight excluding hydrogens is 284 g/mol. The van der Waals surface area contributed by atoms with E-state index in [-0.39, 0.29) is 0 Å². The molecule has 0 aromatic rings. The van der Waals surface area contributed by atoms with Gasteiger partial charge in [0, 0.05) is 0 Å². The second-order valence-electron chi connectivity index (χ2n) is 5.21. The molecule has 0 amide bonds. The average molecular weight is 302 g/mol. The summed E-state index contributed by atoms with van der Waals surface area (Å²) in [4.78, 5) is 44.6. The van der Waals surface area contributed by atoms with Gasteiger partial charge in [-0.25, -0.2) is 4.79 Å². The summed E-state index contributed by atoms with van der Waals surface area (Å²) in [7, 11) is 0. The third-order valence-electron chi connectivity index (χ3n) is 3.43. The molecular formula is C13H18O8. The fraction of sp³-hybridized carbons (Fsp3) is 0.692. The molecule has 0 heterocycles. The zero-order valence-corrected chi connectivity index (χ0v) is 11.4. The zero-order valence-electron chi connectivity index (χ0n) is 11.4. The number of aliphatic carboxylic acids is 2. The van der Waals surface area contributed by atoms with Gasteiger partial charge in [-0.3, -0.25) is 14.4 Å². The number of carbonyl (C=O) groups excluding carboxylic acids is 2. The minimum Gasteiger partial charge on any atom is -0.481 e. The Balaban J connectivity index is 2.59. The van der Waals surface area contributed by atoms with Crippen LogP contribution in [0.1, 0.15) is 44.9 Å². The van der Waals surface area contributed by atoms with E-state index in [2.05, 4.69) is 4.74 Å². The summed E-state index contributed by atoms with van der Waals surface area (Å²) in [6.07, 6.45) is 1.67. The molecule has 1 fully saturated rings. The quantitative estimate of drug-likeness (QED) is 0.471. The van der Waals surface area contributed by atoms with Crippen LogP contribution in [0.4, 0.5) is 0 Å². The predicted octanol–water partition coefficient (Wildman–Crippen LogP) is 0.317. The van der Waals surface area contributed by atoms with Crippen molar-refractivity contribution in [2.75, 3.05) is 0 Å². The van der Waals surface area contributed by atoms with Crippen LogP contribution < -0.4 is 0 Å². The first-order valence-corrected chi connectivity index (χ1v) is 6.66. The van der Waals surface area contributed by atoms with E-state index in [1.54, 1.807) is 0 Å². The molecule has 0 aromatic heterocycles. The highest BCUT2D eigenvalue weighted by atomic mass is 16.6. The van der Waals surface area contributed by atoms with Crippen molar-refractivity contribution < 1.29 is 39.2 Å². The third kappa shape index (κ3) is 5.14. The number of carboxylic acids is 2. The van der Waals surface area contributed by atoms with Gasteiger partial charge in [0.2, 0.25) is 0 Å². The Kier molecular flexibility index (Phi) is 5.83. The van der Waals surface area contributed by atoms with Crippen LogP contribution in [0.15, 0.2) is 0 Å². The van der Waals surface area contributed by atoms with E-state index in [4.69, 9.17) is 10.2 Å². The molecule has 1 rings (SSSR count). The number of aliphatic hydroxyl groups is 1. The summed E-state index contributed by atoms with van der Waals surface area (Å²) in [6, 6.07) is 0. The maximum Gasteiger partial charge on any atom is 0.336 e. The molecule has 1 aliphatic rings. The number of ether oxygens (including phenoxy) is 1. The first-order chi connectivity index (χ1) is 9.74. The van der Waals surface area contributed by atoms with Crippen LogP contribution in [0.5, 0.6) is 0 Å². The number of hydrogen-bond donors (Lipinski definition) is 3. The molecule has 0 aromatic carbocycles. The summed E-state index contributed by atoms with van der Waals surface area (Å²) in [5.74, 6) is -5.82. The molecule has 1 unspecified atom stereocenters. The molecule has 0 aliphatic heterocycles. The van der Waals surface area contributed by atoms with Crippen molar-refractivity contribution in [3.8, 4) is 0 Å². The van der Waals surface area contributed by atoms with E-state index in [1.165, 1.54) is 0 Å². The summed E-state index contributed by atoms with van der Waals surface area (Å²) in [6.45, 7) is 0. The zero-order chi connectivity index (χ0) is 16.0. The standard InChI is InChI=1S/C13H18O8/c14-9(15)6-13(20,12(18)19)7-10(16)21-11(17)8-4-2-1-3-5-8/h8,20H,1-7H2,(H,14,15)(H,18,19). The van der Waals surface area contributed by atoms with Gasteiger partial charge in [0.05, 0.1) is 18.8 Å². The van der Waals surface area contributed by atoms with Crippen molar-refractivity contribution in [2.24, 2.45) is 5.92 Å². The van der Waals surface area contributed by atoms with Gasteiger partial charge in [-0.15, -0.1) is 0 Å². The predicted molar refractivity (Wildman–Crippen MR) is 67.1 cm³/mol.